The number of aliphatic carboxylic acids is 1. The first-order valence-corrected chi connectivity index (χ1v) is 6.78. The Hall–Kier alpha value is -1.75. The predicted octanol–water partition coefficient (Wildman–Crippen LogP) is 2.10. The second-order valence-corrected chi connectivity index (χ2v) is 5.14. The quantitative estimate of drug-likeness (QED) is 0.924. The number of likely N-dealkylation sites (tertiary alicyclic amines) is 1. The van der Waals surface area contributed by atoms with Gasteiger partial charge in [0.2, 0.25) is 0 Å². The monoisotopic (exact) mass is 297 g/mol. The number of amides is 1. The van der Waals surface area contributed by atoms with Gasteiger partial charge in [0.15, 0.2) is 6.61 Å². The molecule has 1 aromatic carbocycles. The molecule has 108 valence electrons. The van der Waals surface area contributed by atoms with Gasteiger partial charge in [0.1, 0.15) is 11.8 Å². The molecule has 5 nitrogen and oxygen atoms in total. The van der Waals surface area contributed by atoms with Gasteiger partial charge in [0.05, 0.1) is 0 Å². The normalized spacial score (nSPS) is 18.1. The fraction of sp³-hybridized carbons (Fsp3) is 0.429. The lowest BCUT2D eigenvalue weighted by atomic mass is 10.2. The number of rotatable bonds is 4. The number of hydrogen-bond acceptors (Lipinski definition) is 3. The van der Waals surface area contributed by atoms with Crippen LogP contribution in [0.25, 0.3) is 0 Å². The number of carbonyl (C=O) groups excluding carboxylic acids is 1. The molecule has 1 aromatic rings. The zero-order valence-electron chi connectivity index (χ0n) is 11.1. The topological polar surface area (TPSA) is 66.8 Å². The minimum atomic E-state index is -0.963. The molecule has 1 aliphatic rings. The fourth-order valence-corrected chi connectivity index (χ4v) is 2.45. The van der Waals surface area contributed by atoms with Crippen LogP contribution in [0, 0.1) is 6.92 Å². The molecule has 1 unspecified atom stereocenters. The van der Waals surface area contributed by atoms with E-state index in [1.807, 2.05) is 0 Å². The van der Waals surface area contributed by atoms with E-state index in [1.54, 1.807) is 25.1 Å². The van der Waals surface area contributed by atoms with Gasteiger partial charge in [-0.3, -0.25) is 4.79 Å². The van der Waals surface area contributed by atoms with E-state index >= 15 is 0 Å². The van der Waals surface area contributed by atoms with Crippen LogP contribution in [0.4, 0.5) is 0 Å². The fourth-order valence-electron chi connectivity index (χ4n) is 2.29. The number of halogens is 1. The Labute approximate surface area is 122 Å². The lowest BCUT2D eigenvalue weighted by Gasteiger charge is -2.21. The van der Waals surface area contributed by atoms with Crippen LogP contribution in [-0.2, 0) is 9.59 Å². The summed E-state index contributed by atoms with van der Waals surface area (Å²) in [5.74, 6) is -0.735. The molecular weight excluding hydrogens is 282 g/mol. The Morgan fingerprint density at radius 1 is 1.50 bits per heavy atom. The Balaban J connectivity index is 1.98. The molecule has 1 amide bonds. The molecule has 0 spiro atoms. The Kier molecular flexibility index (Phi) is 4.49. The second kappa shape index (κ2) is 6.13. The molecule has 2 rings (SSSR count). The van der Waals surface area contributed by atoms with Crippen molar-refractivity contribution in [3.63, 3.8) is 0 Å². The highest BCUT2D eigenvalue weighted by Crippen LogP contribution is 2.25. The molecule has 1 atom stereocenters. The number of carboxylic acid groups (broad SMARTS) is 1. The van der Waals surface area contributed by atoms with Gasteiger partial charge >= 0.3 is 5.97 Å². The summed E-state index contributed by atoms with van der Waals surface area (Å²) in [7, 11) is 0. The summed E-state index contributed by atoms with van der Waals surface area (Å²) in [6, 6.07) is 4.48. The number of nitrogens with zero attached hydrogens (tertiary/aromatic N) is 1. The first-order chi connectivity index (χ1) is 9.50. The van der Waals surface area contributed by atoms with Crippen molar-refractivity contribution in [2.45, 2.75) is 25.8 Å². The molecule has 1 aliphatic heterocycles. The van der Waals surface area contributed by atoms with Gasteiger partial charge in [0.25, 0.3) is 5.91 Å². The van der Waals surface area contributed by atoms with Gasteiger partial charge in [-0.15, -0.1) is 0 Å². The van der Waals surface area contributed by atoms with Crippen molar-refractivity contribution in [2.24, 2.45) is 0 Å². The molecule has 1 saturated heterocycles. The van der Waals surface area contributed by atoms with E-state index in [1.165, 1.54) is 4.90 Å². The molecule has 0 aliphatic carbocycles. The smallest absolute Gasteiger partial charge is 0.326 e. The van der Waals surface area contributed by atoms with Crippen LogP contribution in [0.1, 0.15) is 18.4 Å². The molecular formula is C14H16ClNO4. The van der Waals surface area contributed by atoms with Gasteiger partial charge in [-0.25, -0.2) is 4.79 Å². The summed E-state index contributed by atoms with van der Waals surface area (Å²) in [4.78, 5) is 24.4. The van der Waals surface area contributed by atoms with Gasteiger partial charge < -0.3 is 14.7 Å². The van der Waals surface area contributed by atoms with Crippen LogP contribution in [0.5, 0.6) is 5.75 Å². The highest BCUT2D eigenvalue weighted by Gasteiger charge is 2.33. The van der Waals surface area contributed by atoms with Crippen molar-refractivity contribution >= 4 is 23.5 Å². The average molecular weight is 298 g/mol. The highest BCUT2D eigenvalue weighted by atomic mass is 35.5. The van der Waals surface area contributed by atoms with E-state index in [-0.39, 0.29) is 12.5 Å². The Morgan fingerprint density at radius 2 is 2.25 bits per heavy atom. The van der Waals surface area contributed by atoms with E-state index in [2.05, 4.69) is 0 Å². The third kappa shape index (κ3) is 3.04. The minimum Gasteiger partial charge on any atom is -0.483 e. The van der Waals surface area contributed by atoms with Crippen LogP contribution in [0.3, 0.4) is 0 Å². The third-order valence-corrected chi connectivity index (χ3v) is 3.84. The maximum Gasteiger partial charge on any atom is 0.326 e. The summed E-state index contributed by atoms with van der Waals surface area (Å²) >= 11 is 5.97. The molecule has 1 heterocycles. The van der Waals surface area contributed by atoms with Gasteiger partial charge in [0, 0.05) is 17.1 Å². The molecule has 0 saturated carbocycles. The first kappa shape index (κ1) is 14.7. The van der Waals surface area contributed by atoms with Crippen molar-refractivity contribution in [2.75, 3.05) is 13.2 Å². The Bertz CT molecular complexity index is 532. The van der Waals surface area contributed by atoms with Crippen molar-refractivity contribution in [1.29, 1.82) is 0 Å². The van der Waals surface area contributed by atoms with E-state index in [0.29, 0.717) is 30.2 Å². The van der Waals surface area contributed by atoms with Crippen molar-refractivity contribution < 1.29 is 19.4 Å². The molecule has 20 heavy (non-hydrogen) atoms. The molecule has 0 bridgehead atoms. The lowest BCUT2D eigenvalue weighted by molar-refractivity contribution is -0.148. The van der Waals surface area contributed by atoms with Crippen molar-refractivity contribution in [3.05, 3.63) is 28.8 Å². The zero-order valence-corrected chi connectivity index (χ0v) is 11.9. The van der Waals surface area contributed by atoms with Gasteiger partial charge in [-0.05, 0) is 31.9 Å². The van der Waals surface area contributed by atoms with Crippen LogP contribution in [0.15, 0.2) is 18.2 Å². The second-order valence-electron chi connectivity index (χ2n) is 4.74. The van der Waals surface area contributed by atoms with E-state index in [0.717, 1.165) is 5.56 Å². The zero-order chi connectivity index (χ0) is 14.7. The molecule has 0 radical (unpaired) electrons. The predicted molar refractivity (Wildman–Crippen MR) is 74.1 cm³/mol. The molecule has 0 aromatic heterocycles. The van der Waals surface area contributed by atoms with Crippen LogP contribution >= 0.6 is 11.6 Å². The van der Waals surface area contributed by atoms with E-state index in [4.69, 9.17) is 21.4 Å². The number of ether oxygens (including phenoxy) is 1. The molecule has 1 fully saturated rings. The maximum atomic E-state index is 12.0. The minimum absolute atomic E-state index is 0.176. The summed E-state index contributed by atoms with van der Waals surface area (Å²) in [5.41, 5.74) is 0.762. The summed E-state index contributed by atoms with van der Waals surface area (Å²) in [6.45, 7) is 2.09. The SMILES string of the molecule is Cc1c(Cl)cccc1OCC(=O)N1CCCC1C(=O)O. The molecule has 6 heteroatoms. The van der Waals surface area contributed by atoms with Gasteiger partial charge in [-0.1, -0.05) is 17.7 Å². The third-order valence-electron chi connectivity index (χ3n) is 3.43. The summed E-state index contributed by atoms with van der Waals surface area (Å²) in [6.07, 6.45) is 1.20. The highest BCUT2D eigenvalue weighted by molar-refractivity contribution is 6.31. The summed E-state index contributed by atoms with van der Waals surface area (Å²) < 4.78 is 5.45. The van der Waals surface area contributed by atoms with Crippen LogP contribution in [-0.4, -0.2) is 41.1 Å². The van der Waals surface area contributed by atoms with Crippen molar-refractivity contribution in [3.8, 4) is 5.75 Å². The average Bonchev–Trinajstić information content (AvgIpc) is 2.89. The van der Waals surface area contributed by atoms with Crippen LogP contribution < -0.4 is 4.74 Å². The standard InChI is InChI=1S/C14H16ClNO4/c1-9-10(15)4-2-6-12(9)20-8-13(17)16-7-3-5-11(16)14(18)19/h2,4,6,11H,3,5,7-8H2,1H3,(H,18,19). The number of hydrogen-bond donors (Lipinski definition) is 1. The van der Waals surface area contributed by atoms with Gasteiger partial charge in [-0.2, -0.15) is 0 Å². The first-order valence-electron chi connectivity index (χ1n) is 6.41. The number of carbonyl (C=O) groups is 2. The number of carboxylic acids is 1. The molecule has 1 N–H and O–H groups in total. The van der Waals surface area contributed by atoms with Crippen LogP contribution in [0.2, 0.25) is 5.02 Å². The lowest BCUT2D eigenvalue weighted by Crippen LogP contribution is -2.42. The van der Waals surface area contributed by atoms with E-state index in [9.17, 15) is 9.59 Å². The van der Waals surface area contributed by atoms with Crippen molar-refractivity contribution in [1.82, 2.24) is 4.90 Å². The number of benzene rings is 1. The Morgan fingerprint density at radius 3 is 2.95 bits per heavy atom. The summed E-state index contributed by atoms with van der Waals surface area (Å²) in [5, 5.41) is 9.62. The largest absolute Gasteiger partial charge is 0.483 e. The van der Waals surface area contributed by atoms with E-state index < -0.39 is 12.0 Å². The maximum absolute atomic E-state index is 12.0.